The minimum Gasteiger partial charge on any atom is -0.454 e. The normalized spacial score (nSPS) is 13.5. The fourth-order valence-corrected chi connectivity index (χ4v) is 4.77. The standard InChI is InChI=1S/C22H22FN4O6P/c1-25(2)7-8-26-16-10-24-19-14(4-5-17-21(19)33-12-32-17)20(16)27(22(26)28)11-13-3-6-18(15(23)9-13)34(29,30)31/h3-6,9-10H,7-8,11-12H2,1-2H3,(H2,29,30,31). The Morgan fingerprint density at radius 2 is 1.97 bits per heavy atom. The van der Waals surface area contributed by atoms with Gasteiger partial charge in [0, 0.05) is 18.5 Å². The van der Waals surface area contributed by atoms with Crippen molar-refractivity contribution in [2.45, 2.75) is 13.1 Å². The van der Waals surface area contributed by atoms with E-state index in [0.29, 0.717) is 52.1 Å². The number of halogens is 1. The molecule has 2 aromatic carbocycles. The number of pyridine rings is 1. The van der Waals surface area contributed by atoms with Crippen LogP contribution in [0.4, 0.5) is 4.39 Å². The average Bonchev–Trinajstić information content (AvgIpc) is 3.34. The van der Waals surface area contributed by atoms with Crippen molar-refractivity contribution >= 4 is 34.8 Å². The second kappa shape index (κ2) is 8.21. The summed E-state index contributed by atoms with van der Waals surface area (Å²) >= 11 is 0. The van der Waals surface area contributed by atoms with Gasteiger partial charge in [0.1, 0.15) is 11.3 Å². The Bertz CT molecular complexity index is 1540. The molecule has 2 aromatic heterocycles. The van der Waals surface area contributed by atoms with Crippen LogP contribution in [0.25, 0.3) is 21.9 Å². The van der Waals surface area contributed by atoms with Crippen LogP contribution in [-0.4, -0.2) is 56.2 Å². The summed E-state index contributed by atoms with van der Waals surface area (Å²) in [6.07, 6.45) is 1.62. The second-order valence-corrected chi connectivity index (χ2v) is 9.91. The minimum atomic E-state index is -4.75. The molecule has 0 amide bonds. The number of likely N-dealkylation sites (N-methyl/N-ethyl adjacent to an activating group) is 1. The van der Waals surface area contributed by atoms with E-state index in [0.717, 1.165) is 12.1 Å². The van der Waals surface area contributed by atoms with E-state index in [1.807, 2.05) is 25.1 Å². The summed E-state index contributed by atoms with van der Waals surface area (Å²) in [5, 5.41) is -0.00543. The van der Waals surface area contributed by atoms with Gasteiger partial charge < -0.3 is 24.2 Å². The number of benzene rings is 2. The Hall–Kier alpha value is -3.24. The molecule has 12 heteroatoms. The summed E-state index contributed by atoms with van der Waals surface area (Å²) in [4.78, 5) is 38.6. The van der Waals surface area contributed by atoms with E-state index in [9.17, 15) is 23.5 Å². The molecule has 0 atom stereocenters. The Kier molecular flexibility index (Phi) is 5.44. The molecule has 1 aliphatic heterocycles. The lowest BCUT2D eigenvalue weighted by Gasteiger charge is -2.10. The molecule has 3 heterocycles. The zero-order valence-corrected chi connectivity index (χ0v) is 19.3. The number of nitrogens with zero attached hydrogens (tertiary/aromatic N) is 4. The van der Waals surface area contributed by atoms with E-state index < -0.39 is 18.7 Å². The highest BCUT2D eigenvalue weighted by Crippen LogP contribution is 2.40. The quantitative estimate of drug-likeness (QED) is 0.393. The second-order valence-electron chi connectivity index (χ2n) is 8.34. The molecule has 0 unspecified atom stereocenters. The molecule has 34 heavy (non-hydrogen) atoms. The van der Waals surface area contributed by atoms with Crippen molar-refractivity contribution < 1.29 is 28.2 Å². The number of ether oxygens (including phenoxy) is 2. The third kappa shape index (κ3) is 3.76. The molecule has 178 valence electrons. The van der Waals surface area contributed by atoms with Gasteiger partial charge in [0.15, 0.2) is 11.5 Å². The highest BCUT2D eigenvalue weighted by Gasteiger charge is 2.25. The van der Waals surface area contributed by atoms with Crippen molar-refractivity contribution in [3.63, 3.8) is 0 Å². The first kappa shape index (κ1) is 22.5. The van der Waals surface area contributed by atoms with Gasteiger partial charge >= 0.3 is 13.3 Å². The van der Waals surface area contributed by atoms with Crippen molar-refractivity contribution in [1.82, 2.24) is 19.0 Å². The number of hydrogen-bond acceptors (Lipinski definition) is 6. The Balaban J connectivity index is 1.71. The molecule has 0 saturated heterocycles. The molecule has 10 nitrogen and oxygen atoms in total. The number of imidazole rings is 1. The first-order chi connectivity index (χ1) is 16.1. The zero-order chi connectivity index (χ0) is 24.2. The number of fused-ring (bicyclic) bond motifs is 5. The summed E-state index contributed by atoms with van der Waals surface area (Å²) in [6, 6.07) is 7.07. The monoisotopic (exact) mass is 488 g/mol. The van der Waals surface area contributed by atoms with Crippen molar-refractivity contribution in [2.75, 3.05) is 27.4 Å². The van der Waals surface area contributed by atoms with Gasteiger partial charge in [-0.2, -0.15) is 0 Å². The Labute approximate surface area is 192 Å². The van der Waals surface area contributed by atoms with Crippen LogP contribution in [0, 0.1) is 5.82 Å². The van der Waals surface area contributed by atoms with E-state index in [1.165, 1.54) is 10.6 Å². The number of aromatic nitrogens is 3. The molecule has 5 rings (SSSR count). The van der Waals surface area contributed by atoms with Crippen LogP contribution in [0.2, 0.25) is 0 Å². The third-order valence-electron chi connectivity index (χ3n) is 5.79. The largest absolute Gasteiger partial charge is 0.454 e. The van der Waals surface area contributed by atoms with E-state index in [4.69, 9.17) is 9.47 Å². The van der Waals surface area contributed by atoms with E-state index >= 15 is 0 Å². The van der Waals surface area contributed by atoms with Crippen LogP contribution in [0.1, 0.15) is 5.56 Å². The summed E-state index contributed by atoms with van der Waals surface area (Å²) in [5.74, 6) is 0.0389. The van der Waals surface area contributed by atoms with E-state index in [-0.39, 0.29) is 19.0 Å². The maximum Gasteiger partial charge on any atom is 0.359 e. The van der Waals surface area contributed by atoms with Crippen LogP contribution >= 0.6 is 7.60 Å². The predicted molar refractivity (Wildman–Crippen MR) is 123 cm³/mol. The molecule has 4 aromatic rings. The van der Waals surface area contributed by atoms with Gasteiger partial charge in [-0.05, 0) is 43.9 Å². The first-order valence-electron chi connectivity index (χ1n) is 10.4. The van der Waals surface area contributed by atoms with Gasteiger partial charge in [-0.3, -0.25) is 13.7 Å². The van der Waals surface area contributed by atoms with Crippen molar-refractivity contribution in [1.29, 1.82) is 0 Å². The number of hydrogen-bond donors (Lipinski definition) is 2. The molecule has 0 bridgehead atoms. The molecule has 1 aliphatic rings. The molecule has 0 spiro atoms. The van der Waals surface area contributed by atoms with Gasteiger partial charge in [-0.1, -0.05) is 6.07 Å². The smallest absolute Gasteiger partial charge is 0.359 e. The highest BCUT2D eigenvalue weighted by molar-refractivity contribution is 7.60. The van der Waals surface area contributed by atoms with Gasteiger partial charge in [0.05, 0.1) is 29.1 Å². The van der Waals surface area contributed by atoms with Gasteiger partial charge in [0.25, 0.3) is 0 Å². The van der Waals surface area contributed by atoms with Gasteiger partial charge in [-0.15, -0.1) is 0 Å². The average molecular weight is 488 g/mol. The lowest BCUT2D eigenvalue weighted by atomic mass is 10.1. The lowest BCUT2D eigenvalue weighted by Crippen LogP contribution is -2.28. The predicted octanol–water partition coefficient (Wildman–Crippen LogP) is 1.63. The fraction of sp³-hybridized carbons (Fsp3) is 0.273. The number of rotatable bonds is 6. The Morgan fingerprint density at radius 1 is 1.18 bits per heavy atom. The van der Waals surface area contributed by atoms with Crippen LogP contribution in [0.15, 0.2) is 41.3 Å². The van der Waals surface area contributed by atoms with Crippen LogP contribution < -0.4 is 20.5 Å². The minimum absolute atomic E-state index is 0.00376. The van der Waals surface area contributed by atoms with Gasteiger partial charge in [-0.25, -0.2) is 14.2 Å². The summed E-state index contributed by atoms with van der Waals surface area (Å²) in [6.45, 7) is 1.11. The molecule has 0 saturated carbocycles. The van der Waals surface area contributed by atoms with Crippen molar-refractivity contribution in [3.05, 3.63) is 58.4 Å². The summed E-state index contributed by atoms with van der Waals surface area (Å²) < 4.78 is 40.1. The fourth-order valence-electron chi connectivity index (χ4n) is 4.16. The molecule has 0 aliphatic carbocycles. The zero-order valence-electron chi connectivity index (χ0n) is 18.4. The molecule has 0 radical (unpaired) electrons. The van der Waals surface area contributed by atoms with Gasteiger partial charge in [0.2, 0.25) is 6.79 Å². The maximum atomic E-state index is 14.5. The van der Waals surface area contributed by atoms with Crippen LogP contribution in [0.5, 0.6) is 11.5 Å². The highest BCUT2D eigenvalue weighted by atomic mass is 31.2. The molecular weight excluding hydrogens is 466 g/mol. The van der Waals surface area contributed by atoms with Crippen LogP contribution in [0.3, 0.4) is 0 Å². The van der Waals surface area contributed by atoms with E-state index in [1.54, 1.807) is 16.8 Å². The van der Waals surface area contributed by atoms with Crippen molar-refractivity contribution in [3.8, 4) is 11.5 Å². The topological polar surface area (TPSA) is 119 Å². The lowest BCUT2D eigenvalue weighted by molar-refractivity contribution is 0.174. The molecule has 0 fully saturated rings. The third-order valence-corrected chi connectivity index (χ3v) is 6.78. The molecule has 2 N–H and O–H groups in total. The Morgan fingerprint density at radius 3 is 2.68 bits per heavy atom. The summed E-state index contributed by atoms with van der Waals surface area (Å²) in [7, 11) is -0.935. The molecular formula is C22H22FN4O6P. The SMILES string of the molecule is CN(C)CCn1c(=O)n(Cc2ccc(P(=O)(O)O)c(F)c2)c2c3ccc4c(c3ncc21)OCO4. The maximum absolute atomic E-state index is 14.5. The van der Waals surface area contributed by atoms with Crippen LogP contribution in [-0.2, 0) is 17.7 Å². The first-order valence-corrected chi connectivity index (χ1v) is 12.1. The van der Waals surface area contributed by atoms with Crippen molar-refractivity contribution in [2.24, 2.45) is 0 Å². The summed E-state index contributed by atoms with van der Waals surface area (Å²) in [5.41, 5.74) is 1.85. The van der Waals surface area contributed by atoms with E-state index in [2.05, 4.69) is 4.98 Å².